The number of thiophene rings is 2. The molecule has 234 valence electrons. The highest BCUT2D eigenvalue weighted by Crippen LogP contribution is 2.63. The summed E-state index contributed by atoms with van der Waals surface area (Å²) in [5.74, 6) is 0. The van der Waals surface area contributed by atoms with Crippen LogP contribution in [-0.2, 0) is 5.41 Å². The van der Waals surface area contributed by atoms with Crippen LogP contribution in [0.25, 0.3) is 74.1 Å². The summed E-state index contributed by atoms with van der Waals surface area (Å²) in [6, 6.07) is 55.3. The van der Waals surface area contributed by atoms with Crippen LogP contribution in [0.4, 0.5) is 0 Å². The molecule has 1 spiro atoms. The maximum absolute atomic E-state index is 9.83. The third-order valence-corrected chi connectivity index (χ3v) is 13.4. The lowest BCUT2D eigenvalue weighted by molar-refractivity contribution is 0.794. The molecule has 0 saturated carbocycles. The number of nitrogens with zero attached hydrogens (tertiary/aromatic N) is 2. The van der Waals surface area contributed by atoms with Crippen LogP contribution in [0.3, 0.4) is 0 Å². The van der Waals surface area contributed by atoms with Crippen LogP contribution in [0, 0.1) is 17.9 Å². The number of benzene rings is 6. The molecule has 6 aromatic carbocycles. The fourth-order valence-electron chi connectivity index (χ4n) is 8.99. The van der Waals surface area contributed by atoms with Gasteiger partial charge in [-0.1, -0.05) is 121 Å². The molecule has 2 nitrogen and oxygen atoms in total. The van der Waals surface area contributed by atoms with E-state index < -0.39 is 0 Å². The Balaban J connectivity index is 1.01. The Morgan fingerprint density at radius 3 is 1.51 bits per heavy atom. The molecular formula is C47H24N2S2. The van der Waals surface area contributed by atoms with Gasteiger partial charge in [0.2, 0.25) is 0 Å². The highest BCUT2D eigenvalue weighted by molar-refractivity contribution is 7.31. The molecule has 2 heterocycles. The smallest absolute Gasteiger partial charge is 0.226 e. The zero-order chi connectivity index (χ0) is 33.8. The van der Waals surface area contributed by atoms with Gasteiger partial charge in [0.25, 0.3) is 5.70 Å². The fraction of sp³-hybridized carbons (Fsp3) is 0.0213. The highest BCUT2D eigenvalue weighted by Gasteiger charge is 2.51. The molecule has 0 atom stereocenters. The summed E-state index contributed by atoms with van der Waals surface area (Å²) >= 11 is 3.64. The molecule has 4 heteroatoms. The first-order valence-electron chi connectivity index (χ1n) is 16.9. The standard InChI is InChI=1S/C47H24N2S2/c1-49-41(26-48)46-34-14-3-2-10-29(34)30-20-18-27(23-36(30)46)42-24-44-45(50-42)25-43(51-44)28-19-21-40-35(22-28)33-13-6-9-17-39(33)47(40)37-15-7-4-11-31(37)32-12-5-8-16-38(32)47/h2-25H/b46-41-. The minimum atomic E-state index is -0.322. The molecule has 0 amide bonds. The molecule has 0 bridgehead atoms. The van der Waals surface area contributed by atoms with Crippen molar-refractivity contribution in [3.05, 3.63) is 196 Å². The Bertz CT molecular complexity index is 2860. The van der Waals surface area contributed by atoms with Gasteiger partial charge in [0.05, 0.1) is 18.1 Å². The number of hydrogen-bond acceptors (Lipinski definition) is 3. The summed E-state index contributed by atoms with van der Waals surface area (Å²) in [5, 5.41) is 9.83. The van der Waals surface area contributed by atoms with Crippen LogP contribution < -0.4 is 0 Å². The quantitative estimate of drug-likeness (QED) is 0.132. The van der Waals surface area contributed by atoms with Crippen LogP contribution >= 0.6 is 22.7 Å². The SMILES string of the molecule is [C-]#[N+]/C(C#N)=C1/c2ccccc2-c2ccc(-c3cc4sc(-c5ccc6c(c5)-c5ccccc5C65c6ccccc6-c6ccccc65)cc4s3)cc21. The summed E-state index contributed by atoms with van der Waals surface area (Å²) in [5.41, 5.74) is 17.7. The highest BCUT2D eigenvalue weighted by atomic mass is 32.1. The average molecular weight is 681 g/mol. The second-order valence-electron chi connectivity index (χ2n) is 13.4. The Hall–Kier alpha value is -6.30. The van der Waals surface area contributed by atoms with E-state index in [2.05, 4.69) is 138 Å². The predicted molar refractivity (Wildman–Crippen MR) is 211 cm³/mol. The van der Waals surface area contributed by atoms with Crippen molar-refractivity contribution in [2.24, 2.45) is 0 Å². The van der Waals surface area contributed by atoms with E-state index in [0.717, 1.165) is 33.4 Å². The maximum atomic E-state index is 9.83. The molecule has 0 fully saturated rings. The summed E-state index contributed by atoms with van der Waals surface area (Å²) in [6.45, 7) is 7.69. The van der Waals surface area contributed by atoms with Crippen molar-refractivity contribution < 1.29 is 0 Å². The number of allylic oxidation sites excluding steroid dienone is 1. The van der Waals surface area contributed by atoms with E-state index >= 15 is 0 Å². The lowest BCUT2D eigenvalue weighted by Gasteiger charge is -2.30. The van der Waals surface area contributed by atoms with Gasteiger partial charge >= 0.3 is 0 Å². The molecule has 2 aromatic heterocycles. The number of rotatable bonds is 2. The molecule has 0 saturated heterocycles. The molecule has 0 N–H and O–H groups in total. The van der Waals surface area contributed by atoms with Gasteiger partial charge in [-0.25, -0.2) is 10.1 Å². The molecule has 0 aliphatic heterocycles. The lowest BCUT2D eigenvalue weighted by Crippen LogP contribution is -2.25. The molecule has 0 radical (unpaired) electrons. The van der Waals surface area contributed by atoms with Crippen LogP contribution in [0.2, 0.25) is 0 Å². The van der Waals surface area contributed by atoms with Crippen molar-refractivity contribution in [1.82, 2.24) is 0 Å². The predicted octanol–water partition coefficient (Wildman–Crippen LogP) is 12.8. The zero-order valence-electron chi connectivity index (χ0n) is 27.1. The fourth-order valence-corrected chi connectivity index (χ4v) is 11.4. The van der Waals surface area contributed by atoms with E-state index in [4.69, 9.17) is 6.57 Å². The van der Waals surface area contributed by atoms with Gasteiger partial charge in [-0.3, -0.25) is 0 Å². The Kier molecular flexibility index (Phi) is 5.80. The summed E-state index contributed by atoms with van der Waals surface area (Å²) in [6.07, 6.45) is 0. The third-order valence-electron chi connectivity index (χ3n) is 11.0. The number of hydrogen-bond donors (Lipinski definition) is 0. The number of nitriles is 1. The van der Waals surface area contributed by atoms with Crippen LogP contribution in [-0.4, -0.2) is 0 Å². The van der Waals surface area contributed by atoms with Crippen molar-refractivity contribution in [2.45, 2.75) is 5.41 Å². The Labute approximate surface area is 303 Å². The average Bonchev–Trinajstić information content (AvgIpc) is 3.98. The van der Waals surface area contributed by atoms with Gasteiger partial charge in [0.15, 0.2) is 0 Å². The van der Waals surface area contributed by atoms with Crippen molar-refractivity contribution in [3.63, 3.8) is 0 Å². The van der Waals surface area contributed by atoms with Crippen LogP contribution in [0.5, 0.6) is 0 Å². The van der Waals surface area contributed by atoms with Gasteiger partial charge in [-0.2, -0.15) is 0 Å². The first-order chi connectivity index (χ1) is 25.2. The van der Waals surface area contributed by atoms with Crippen molar-refractivity contribution in [3.8, 4) is 60.3 Å². The van der Waals surface area contributed by atoms with Gasteiger partial charge < -0.3 is 0 Å². The molecule has 8 aromatic rings. The van der Waals surface area contributed by atoms with E-state index in [1.54, 1.807) is 11.3 Å². The topological polar surface area (TPSA) is 28.1 Å². The summed E-state index contributed by atoms with van der Waals surface area (Å²) in [7, 11) is 0. The van der Waals surface area contributed by atoms with E-state index in [1.165, 1.54) is 69.2 Å². The van der Waals surface area contributed by atoms with Crippen molar-refractivity contribution in [1.29, 1.82) is 5.26 Å². The second-order valence-corrected chi connectivity index (χ2v) is 15.5. The van der Waals surface area contributed by atoms with Crippen molar-refractivity contribution >= 4 is 37.6 Å². The Morgan fingerprint density at radius 2 is 0.941 bits per heavy atom. The minimum absolute atomic E-state index is 0.138. The van der Waals surface area contributed by atoms with E-state index in [-0.39, 0.29) is 11.1 Å². The summed E-state index contributed by atoms with van der Waals surface area (Å²) < 4.78 is 2.53. The van der Waals surface area contributed by atoms with Gasteiger partial charge in [-0.15, -0.1) is 22.7 Å². The van der Waals surface area contributed by atoms with Crippen LogP contribution in [0.1, 0.15) is 33.4 Å². The number of fused-ring (bicyclic) bond motifs is 14. The largest absolute Gasteiger partial charge is 0.270 e. The molecule has 3 aliphatic rings. The normalized spacial score (nSPS) is 14.6. The van der Waals surface area contributed by atoms with E-state index in [1.807, 2.05) is 29.5 Å². The van der Waals surface area contributed by atoms with E-state index in [9.17, 15) is 5.26 Å². The van der Waals surface area contributed by atoms with Gasteiger partial charge in [-0.05, 0) is 102 Å². The summed E-state index contributed by atoms with van der Waals surface area (Å²) in [4.78, 5) is 6.05. The molecular weight excluding hydrogens is 657 g/mol. The minimum Gasteiger partial charge on any atom is -0.226 e. The molecule has 3 aliphatic carbocycles. The zero-order valence-corrected chi connectivity index (χ0v) is 28.7. The lowest BCUT2D eigenvalue weighted by atomic mass is 9.70. The van der Waals surface area contributed by atoms with Gasteiger partial charge in [0, 0.05) is 24.7 Å². The molecule has 51 heavy (non-hydrogen) atoms. The second kappa shape index (κ2) is 10.4. The molecule has 0 unspecified atom stereocenters. The first kappa shape index (κ1) is 28.5. The first-order valence-corrected chi connectivity index (χ1v) is 18.6. The third kappa shape index (κ3) is 3.68. The van der Waals surface area contributed by atoms with Crippen LogP contribution in [0.15, 0.2) is 151 Å². The maximum Gasteiger partial charge on any atom is 0.270 e. The van der Waals surface area contributed by atoms with Crippen molar-refractivity contribution in [2.75, 3.05) is 0 Å². The Morgan fingerprint density at radius 1 is 0.490 bits per heavy atom. The molecule has 11 rings (SSSR count). The van der Waals surface area contributed by atoms with Gasteiger partial charge in [0.1, 0.15) is 0 Å². The monoisotopic (exact) mass is 680 g/mol. The van der Waals surface area contributed by atoms with E-state index in [0.29, 0.717) is 0 Å².